The molecular formula is C23H32N4O2. The van der Waals surface area contributed by atoms with Gasteiger partial charge in [0.15, 0.2) is 0 Å². The number of para-hydroxylation sites is 1. The van der Waals surface area contributed by atoms with Crippen LogP contribution in [0.1, 0.15) is 49.9 Å². The van der Waals surface area contributed by atoms with Gasteiger partial charge in [-0.25, -0.2) is 0 Å². The minimum absolute atomic E-state index is 0.103. The van der Waals surface area contributed by atoms with Crippen molar-refractivity contribution in [1.82, 2.24) is 19.6 Å². The molecule has 2 heterocycles. The molecule has 0 unspecified atom stereocenters. The first kappa shape index (κ1) is 20.0. The highest BCUT2D eigenvalue weighted by molar-refractivity contribution is 5.80. The summed E-state index contributed by atoms with van der Waals surface area (Å²) in [5.41, 5.74) is 1.77. The third kappa shape index (κ3) is 3.90. The monoisotopic (exact) mass is 396 g/mol. The zero-order chi connectivity index (χ0) is 20.6. The summed E-state index contributed by atoms with van der Waals surface area (Å²) in [5, 5.41) is 4.37. The summed E-state index contributed by atoms with van der Waals surface area (Å²) in [6, 6.07) is 10.4. The molecule has 2 aliphatic rings. The van der Waals surface area contributed by atoms with Gasteiger partial charge in [0.2, 0.25) is 5.91 Å². The summed E-state index contributed by atoms with van der Waals surface area (Å²) in [5.74, 6) is 1.03. The third-order valence-electron chi connectivity index (χ3n) is 6.64. The van der Waals surface area contributed by atoms with E-state index in [2.05, 4.69) is 30.2 Å². The lowest BCUT2D eigenvalue weighted by Crippen LogP contribution is -2.52. The number of carbonyl (C=O) groups excluding carboxylic acids is 1. The highest BCUT2D eigenvalue weighted by atomic mass is 16.5. The number of benzene rings is 1. The molecule has 4 rings (SSSR count). The van der Waals surface area contributed by atoms with E-state index in [9.17, 15) is 4.79 Å². The van der Waals surface area contributed by atoms with Gasteiger partial charge in [0, 0.05) is 30.0 Å². The van der Waals surface area contributed by atoms with Gasteiger partial charge in [-0.1, -0.05) is 18.2 Å². The Bertz CT molecular complexity index is 867. The van der Waals surface area contributed by atoms with Crippen molar-refractivity contribution in [3.63, 3.8) is 0 Å². The summed E-state index contributed by atoms with van der Waals surface area (Å²) in [6.45, 7) is 5.14. The maximum Gasteiger partial charge on any atom is 0.247 e. The second kappa shape index (κ2) is 7.82. The Kier molecular flexibility index (Phi) is 5.38. The maximum atomic E-state index is 13.5. The number of aromatic nitrogens is 2. The van der Waals surface area contributed by atoms with Gasteiger partial charge in [-0.05, 0) is 65.8 Å². The molecule has 6 nitrogen and oxygen atoms in total. The van der Waals surface area contributed by atoms with Crippen molar-refractivity contribution in [2.75, 3.05) is 20.6 Å². The second-order valence-corrected chi connectivity index (χ2v) is 8.88. The Balaban J connectivity index is 1.62. The summed E-state index contributed by atoms with van der Waals surface area (Å²) < 4.78 is 8.47. The molecule has 1 fully saturated rings. The molecule has 1 atom stereocenters. The molecule has 1 aromatic heterocycles. The van der Waals surface area contributed by atoms with Crippen molar-refractivity contribution >= 4 is 5.91 Å². The highest BCUT2D eigenvalue weighted by Gasteiger charge is 2.43. The van der Waals surface area contributed by atoms with Crippen molar-refractivity contribution in [2.45, 2.75) is 63.8 Å². The number of aryl methyl sites for hydroxylation is 1. The molecule has 0 saturated heterocycles. The Morgan fingerprint density at radius 3 is 2.62 bits per heavy atom. The van der Waals surface area contributed by atoms with Crippen LogP contribution in [-0.2, 0) is 11.3 Å². The lowest BCUT2D eigenvalue weighted by Gasteiger charge is -2.43. The van der Waals surface area contributed by atoms with Gasteiger partial charge in [-0.3, -0.25) is 9.48 Å². The minimum atomic E-state index is -0.328. The molecule has 1 saturated carbocycles. The number of carbonyl (C=O) groups is 1. The van der Waals surface area contributed by atoms with Gasteiger partial charge in [0.1, 0.15) is 17.4 Å². The van der Waals surface area contributed by atoms with E-state index in [0.29, 0.717) is 19.1 Å². The Morgan fingerprint density at radius 1 is 1.24 bits per heavy atom. The van der Waals surface area contributed by atoms with Crippen LogP contribution in [0.25, 0.3) is 0 Å². The zero-order valence-electron chi connectivity index (χ0n) is 18.0. The lowest BCUT2D eigenvalue weighted by atomic mass is 9.81. The maximum absolute atomic E-state index is 13.5. The molecular weight excluding hydrogens is 364 g/mol. The Morgan fingerprint density at radius 2 is 1.97 bits per heavy atom. The predicted octanol–water partition coefficient (Wildman–Crippen LogP) is 3.42. The molecule has 29 heavy (non-hydrogen) atoms. The zero-order valence-corrected chi connectivity index (χ0v) is 18.0. The van der Waals surface area contributed by atoms with Crippen LogP contribution in [0.2, 0.25) is 0 Å². The standard InChI is InChI=1S/C23H32N4O2/c1-17-11-14-24-27(17)18(2)22(28)26-15-19-7-5-6-8-21(19)29-23(16-26)12-9-20(10-13-23)25(3)4/h5-8,11,14,18,20H,9-10,12-13,15-16H2,1-4H3/t18-,20?,23?/m0/s1. The molecule has 1 aliphatic heterocycles. The van der Waals surface area contributed by atoms with E-state index in [-0.39, 0.29) is 17.6 Å². The largest absolute Gasteiger partial charge is 0.485 e. The van der Waals surface area contributed by atoms with E-state index in [1.165, 1.54) is 0 Å². The van der Waals surface area contributed by atoms with Crippen LogP contribution in [0.15, 0.2) is 36.5 Å². The number of amides is 1. The first-order valence-electron chi connectivity index (χ1n) is 10.6. The number of hydrogen-bond acceptors (Lipinski definition) is 4. The van der Waals surface area contributed by atoms with E-state index >= 15 is 0 Å². The highest BCUT2D eigenvalue weighted by Crippen LogP contribution is 2.39. The van der Waals surface area contributed by atoms with Gasteiger partial charge in [0.25, 0.3) is 0 Å². The van der Waals surface area contributed by atoms with Crippen LogP contribution < -0.4 is 4.74 Å². The molecule has 1 amide bonds. The fourth-order valence-electron chi connectivity index (χ4n) is 4.82. The molecule has 6 heteroatoms. The summed E-state index contributed by atoms with van der Waals surface area (Å²) in [6.07, 6.45) is 5.85. The van der Waals surface area contributed by atoms with E-state index in [0.717, 1.165) is 42.7 Å². The van der Waals surface area contributed by atoms with E-state index in [1.807, 2.05) is 47.7 Å². The van der Waals surface area contributed by atoms with Crippen molar-refractivity contribution < 1.29 is 9.53 Å². The van der Waals surface area contributed by atoms with Crippen molar-refractivity contribution in [3.8, 4) is 5.75 Å². The van der Waals surface area contributed by atoms with Gasteiger partial charge in [-0.2, -0.15) is 5.10 Å². The number of nitrogens with zero attached hydrogens (tertiary/aromatic N) is 4. The van der Waals surface area contributed by atoms with Crippen LogP contribution in [0.5, 0.6) is 5.75 Å². The SMILES string of the molecule is Cc1ccnn1[C@@H](C)C(=O)N1Cc2ccccc2OC2(CCC(N(C)C)CC2)C1. The van der Waals surface area contributed by atoms with Gasteiger partial charge in [0.05, 0.1) is 6.54 Å². The number of ether oxygens (including phenoxy) is 1. The number of rotatable bonds is 3. The molecule has 1 spiro atoms. The summed E-state index contributed by atoms with van der Waals surface area (Å²) in [4.78, 5) is 17.8. The van der Waals surface area contributed by atoms with Crippen molar-refractivity contribution in [2.24, 2.45) is 0 Å². The third-order valence-corrected chi connectivity index (χ3v) is 6.64. The smallest absolute Gasteiger partial charge is 0.247 e. The molecule has 0 radical (unpaired) electrons. The fourth-order valence-corrected chi connectivity index (χ4v) is 4.82. The Hall–Kier alpha value is -2.34. The topological polar surface area (TPSA) is 50.6 Å². The minimum Gasteiger partial charge on any atom is -0.485 e. The second-order valence-electron chi connectivity index (χ2n) is 8.88. The fraction of sp³-hybridized carbons (Fsp3) is 0.565. The molecule has 1 aliphatic carbocycles. The van der Waals surface area contributed by atoms with Crippen LogP contribution in [0.3, 0.4) is 0 Å². The number of hydrogen-bond donors (Lipinski definition) is 0. The van der Waals surface area contributed by atoms with Gasteiger partial charge in [-0.15, -0.1) is 0 Å². The molecule has 0 N–H and O–H groups in total. The van der Waals surface area contributed by atoms with Crippen LogP contribution >= 0.6 is 0 Å². The molecule has 0 bridgehead atoms. The Labute approximate surface area is 173 Å². The first-order chi connectivity index (χ1) is 13.9. The van der Waals surface area contributed by atoms with Gasteiger partial charge >= 0.3 is 0 Å². The van der Waals surface area contributed by atoms with Crippen molar-refractivity contribution in [3.05, 3.63) is 47.8 Å². The quantitative estimate of drug-likeness (QED) is 0.798. The van der Waals surface area contributed by atoms with Crippen LogP contribution in [0.4, 0.5) is 0 Å². The van der Waals surface area contributed by atoms with Gasteiger partial charge < -0.3 is 14.5 Å². The first-order valence-corrected chi connectivity index (χ1v) is 10.6. The van der Waals surface area contributed by atoms with Crippen LogP contribution in [0, 0.1) is 6.92 Å². The average molecular weight is 397 g/mol. The molecule has 2 aromatic rings. The average Bonchev–Trinajstić information content (AvgIpc) is 3.06. The lowest BCUT2D eigenvalue weighted by molar-refractivity contribution is -0.138. The van der Waals surface area contributed by atoms with Crippen molar-refractivity contribution in [1.29, 1.82) is 0 Å². The van der Waals surface area contributed by atoms with E-state index < -0.39 is 0 Å². The van der Waals surface area contributed by atoms with E-state index in [1.54, 1.807) is 6.20 Å². The number of fused-ring (bicyclic) bond motifs is 1. The van der Waals surface area contributed by atoms with E-state index in [4.69, 9.17) is 4.74 Å². The molecule has 156 valence electrons. The normalized spacial score (nSPS) is 25.4. The van der Waals surface area contributed by atoms with Crippen LogP contribution in [-0.4, -0.2) is 57.8 Å². The molecule has 1 aromatic carbocycles. The summed E-state index contributed by atoms with van der Waals surface area (Å²) in [7, 11) is 4.30. The predicted molar refractivity (Wildman–Crippen MR) is 113 cm³/mol. The summed E-state index contributed by atoms with van der Waals surface area (Å²) >= 11 is 0.